The van der Waals surface area contributed by atoms with Crippen molar-refractivity contribution < 1.29 is 14.3 Å². The number of para-hydroxylation sites is 1. The van der Waals surface area contributed by atoms with Crippen LogP contribution in [-0.2, 0) is 4.79 Å². The summed E-state index contributed by atoms with van der Waals surface area (Å²) in [7, 11) is 0. The number of aromatic nitrogens is 2. The van der Waals surface area contributed by atoms with Crippen molar-refractivity contribution in [3.63, 3.8) is 0 Å². The minimum atomic E-state index is 0.0158. The summed E-state index contributed by atoms with van der Waals surface area (Å²) in [5.74, 6) is 1.58. The molecule has 1 atom stereocenters. The van der Waals surface area contributed by atoms with Gasteiger partial charge in [0.15, 0.2) is 11.5 Å². The molecule has 0 spiro atoms. The standard InChI is InChI=1S/C25H25N3O3/c29-25(12-9-19-17-26-28(18-19)21-6-2-1-3-7-21)27-13-4-8-22(27)20-10-11-23-24(16-20)31-15-5-14-30-23/h1-3,6-7,9-12,16-18,22H,4-5,8,13-15H2/b12-9+. The molecule has 1 unspecified atom stereocenters. The van der Waals surface area contributed by atoms with Crippen molar-refractivity contribution in [1.29, 1.82) is 0 Å². The van der Waals surface area contributed by atoms with Crippen LogP contribution in [0, 0.1) is 0 Å². The summed E-state index contributed by atoms with van der Waals surface area (Å²) in [5, 5.41) is 4.39. The number of carbonyl (C=O) groups excluding carboxylic acids is 1. The van der Waals surface area contributed by atoms with Crippen molar-refractivity contribution in [3.05, 3.63) is 78.1 Å². The van der Waals surface area contributed by atoms with Gasteiger partial charge in [-0.2, -0.15) is 5.10 Å². The minimum absolute atomic E-state index is 0.0158. The van der Waals surface area contributed by atoms with Crippen LogP contribution in [0.2, 0.25) is 0 Å². The summed E-state index contributed by atoms with van der Waals surface area (Å²) in [5.41, 5.74) is 2.98. The van der Waals surface area contributed by atoms with Crippen molar-refractivity contribution in [3.8, 4) is 17.2 Å². The Morgan fingerprint density at radius 1 is 1.03 bits per heavy atom. The summed E-state index contributed by atoms with van der Waals surface area (Å²) in [4.78, 5) is 14.9. The van der Waals surface area contributed by atoms with E-state index in [1.165, 1.54) is 0 Å². The molecule has 1 saturated heterocycles. The second kappa shape index (κ2) is 8.68. The van der Waals surface area contributed by atoms with Gasteiger partial charge in [-0.05, 0) is 48.7 Å². The number of hydrogen-bond acceptors (Lipinski definition) is 4. The Kier molecular flexibility index (Phi) is 5.44. The van der Waals surface area contributed by atoms with Crippen LogP contribution in [0.15, 0.2) is 67.0 Å². The van der Waals surface area contributed by atoms with E-state index in [1.54, 1.807) is 17.0 Å². The number of carbonyl (C=O) groups is 1. The summed E-state index contributed by atoms with van der Waals surface area (Å²) in [6.45, 7) is 2.08. The Balaban J connectivity index is 1.30. The van der Waals surface area contributed by atoms with Crippen LogP contribution in [0.25, 0.3) is 11.8 Å². The topological polar surface area (TPSA) is 56.6 Å². The van der Waals surface area contributed by atoms with Gasteiger partial charge in [0.05, 0.1) is 31.1 Å². The van der Waals surface area contributed by atoms with E-state index in [0.29, 0.717) is 13.2 Å². The summed E-state index contributed by atoms with van der Waals surface area (Å²) in [6.07, 6.45) is 9.98. The molecule has 0 bridgehead atoms. The molecule has 0 radical (unpaired) electrons. The molecular formula is C25H25N3O3. The molecule has 6 nitrogen and oxygen atoms in total. The number of nitrogens with zero attached hydrogens (tertiary/aromatic N) is 3. The molecule has 31 heavy (non-hydrogen) atoms. The third kappa shape index (κ3) is 4.19. The zero-order chi connectivity index (χ0) is 21.0. The van der Waals surface area contributed by atoms with E-state index in [1.807, 2.05) is 59.6 Å². The number of ether oxygens (including phenoxy) is 2. The maximum absolute atomic E-state index is 13.0. The Morgan fingerprint density at radius 2 is 1.87 bits per heavy atom. The predicted octanol–water partition coefficient (Wildman–Crippen LogP) is 4.41. The Morgan fingerprint density at radius 3 is 2.74 bits per heavy atom. The predicted molar refractivity (Wildman–Crippen MR) is 118 cm³/mol. The lowest BCUT2D eigenvalue weighted by molar-refractivity contribution is -0.126. The maximum atomic E-state index is 13.0. The van der Waals surface area contributed by atoms with Gasteiger partial charge in [0.2, 0.25) is 5.91 Å². The first-order valence-corrected chi connectivity index (χ1v) is 10.8. The van der Waals surface area contributed by atoms with Gasteiger partial charge in [-0.25, -0.2) is 4.68 Å². The molecule has 0 aliphatic carbocycles. The van der Waals surface area contributed by atoms with Gasteiger partial charge >= 0.3 is 0 Å². The molecule has 1 amide bonds. The van der Waals surface area contributed by atoms with Gasteiger partial charge in [-0.1, -0.05) is 24.3 Å². The molecule has 6 heteroatoms. The van der Waals surface area contributed by atoms with Crippen molar-refractivity contribution in [1.82, 2.24) is 14.7 Å². The number of likely N-dealkylation sites (tertiary alicyclic amines) is 1. The average Bonchev–Trinajstić information content (AvgIpc) is 3.43. The third-order valence-corrected chi connectivity index (χ3v) is 5.73. The Hall–Kier alpha value is -3.54. The number of amides is 1. The van der Waals surface area contributed by atoms with Crippen molar-refractivity contribution in [2.75, 3.05) is 19.8 Å². The Labute approximate surface area is 181 Å². The van der Waals surface area contributed by atoms with Crippen molar-refractivity contribution >= 4 is 12.0 Å². The summed E-state index contributed by atoms with van der Waals surface area (Å²) in [6, 6.07) is 16.0. The second-order valence-corrected chi connectivity index (χ2v) is 7.83. The quantitative estimate of drug-likeness (QED) is 0.593. The largest absolute Gasteiger partial charge is 0.490 e. The molecular weight excluding hydrogens is 390 g/mol. The van der Waals surface area contributed by atoms with Crippen molar-refractivity contribution in [2.45, 2.75) is 25.3 Å². The fraction of sp³-hybridized carbons (Fsp3) is 0.280. The van der Waals surface area contributed by atoms with Crippen LogP contribution in [0.3, 0.4) is 0 Å². The zero-order valence-corrected chi connectivity index (χ0v) is 17.3. The molecule has 0 saturated carbocycles. The molecule has 1 aromatic heterocycles. The number of fused-ring (bicyclic) bond motifs is 1. The van der Waals surface area contributed by atoms with Gasteiger partial charge < -0.3 is 14.4 Å². The van der Waals surface area contributed by atoms with Crippen LogP contribution >= 0.6 is 0 Å². The first-order chi connectivity index (χ1) is 15.3. The van der Waals surface area contributed by atoms with Gasteiger partial charge in [0, 0.05) is 30.8 Å². The number of hydrogen-bond donors (Lipinski definition) is 0. The van der Waals surface area contributed by atoms with E-state index < -0.39 is 0 Å². The van der Waals surface area contributed by atoms with E-state index in [0.717, 1.165) is 54.1 Å². The summed E-state index contributed by atoms with van der Waals surface area (Å²) < 4.78 is 13.4. The molecule has 1 fully saturated rings. The van der Waals surface area contributed by atoms with Crippen LogP contribution < -0.4 is 9.47 Å². The van der Waals surface area contributed by atoms with Gasteiger partial charge in [0.25, 0.3) is 0 Å². The van der Waals surface area contributed by atoms with E-state index >= 15 is 0 Å². The fourth-order valence-corrected chi connectivity index (χ4v) is 4.17. The summed E-state index contributed by atoms with van der Waals surface area (Å²) >= 11 is 0. The fourth-order valence-electron chi connectivity index (χ4n) is 4.17. The molecule has 2 aromatic carbocycles. The highest BCUT2D eigenvalue weighted by Gasteiger charge is 2.29. The first-order valence-electron chi connectivity index (χ1n) is 10.8. The van der Waals surface area contributed by atoms with Gasteiger partial charge in [-0.3, -0.25) is 4.79 Å². The molecule has 2 aliphatic rings. The lowest BCUT2D eigenvalue weighted by Gasteiger charge is -2.24. The molecule has 5 rings (SSSR count). The highest BCUT2D eigenvalue weighted by molar-refractivity contribution is 5.92. The normalized spacial score (nSPS) is 18.3. The van der Waals surface area contributed by atoms with Gasteiger partial charge in [-0.15, -0.1) is 0 Å². The third-order valence-electron chi connectivity index (χ3n) is 5.73. The minimum Gasteiger partial charge on any atom is -0.490 e. The monoisotopic (exact) mass is 415 g/mol. The van der Waals surface area contributed by atoms with E-state index in [9.17, 15) is 4.79 Å². The highest BCUT2D eigenvalue weighted by Crippen LogP contribution is 2.38. The van der Waals surface area contributed by atoms with E-state index in [2.05, 4.69) is 11.2 Å². The molecule has 2 aliphatic heterocycles. The zero-order valence-electron chi connectivity index (χ0n) is 17.3. The number of rotatable bonds is 4. The lowest BCUT2D eigenvalue weighted by atomic mass is 10.0. The van der Waals surface area contributed by atoms with E-state index in [-0.39, 0.29) is 11.9 Å². The molecule has 3 heterocycles. The molecule has 0 N–H and O–H groups in total. The SMILES string of the molecule is O=C(/C=C/c1cnn(-c2ccccc2)c1)N1CCCC1c1ccc2c(c1)OCCCO2. The van der Waals surface area contributed by atoms with E-state index in [4.69, 9.17) is 9.47 Å². The Bertz CT molecular complexity index is 1090. The van der Waals surface area contributed by atoms with Gasteiger partial charge in [0.1, 0.15) is 0 Å². The molecule has 3 aromatic rings. The van der Waals surface area contributed by atoms with Crippen LogP contribution in [0.1, 0.15) is 36.4 Å². The second-order valence-electron chi connectivity index (χ2n) is 7.83. The number of benzene rings is 2. The smallest absolute Gasteiger partial charge is 0.247 e. The van der Waals surface area contributed by atoms with Crippen LogP contribution in [0.5, 0.6) is 11.5 Å². The molecule has 158 valence electrons. The van der Waals surface area contributed by atoms with Crippen molar-refractivity contribution in [2.24, 2.45) is 0 Å². The maximum Gasteiger partial charge on any atom is 0.247 e. The van der Waals surface area contributed by atoms with Crippen LogP contribution in [0.4, 0.5) is 0 Å². The highest BCUT2D eigenvalue weighted by atomic mass is 16.5. The lowest BCUT2D eigenvalue weighted by Crippen LogP contribution is -2.28. The average molecular weight is 415 g/mol. The van der Waals surface area contributed by atoms with Crippen LogP contribution in [-0.4, -0.2) is 40.3 Å². The first kappa shape index (κ1) is 19.4.